The topological polar surface area (TPSA) is 94.4 Å². The van der Waals surface area contributed by atoms with E-state index in [4.69, 9.17) is 0 Å². The fraction of sp³-hybridized carbons (Fsp3) is 0.348. The van der Waals surface area contributed by atoms with Crippen LogP contribution in [0.4, 0.5) is 5.69 Å². The van der Waals surface area contributed by atoms with Gasteiger partial charge in [0.2, 0.25) is 5.91 Å². The van der Waals surface area contributed by atoms with E-state index in [9.17, 15) is 13.2 Å². The van der Waals surface area contributed by atoms with Crippen molar-refractivity contribution in [3.8, 4) is 0 Å². The first kappa shape index (κ1) is 23.5. The number of hydrogen-bond donors (Lipinski definition) is 1. The van der Waals surface area contributed by atoms with E-state index in [1.165, 1.54) is 11.1 Å². The van der Waals surface area contributed by atoms with Crippen molar-refractivity contribution in [2.24, 2.45) is 9.50 Å². The summed E-state index contributed by atoms with van der Waals surface area (Å²) in [5.74, 6) is 0.0631. The highest BCUT2D eigenvalue weighted by Gasteiger charge is 2.32. The molecule has 1 aliphatic rings. The van der Waals surface area contributed by atoms with Crippen LogP contribution in [0.3, 0.4) is 0 Å². The van der Waals surface area contributed by atoms with Crippen LogP contribution in [-0.2, 0) is 14.8 Å². The average molecular weight is 456 g/mol. The van der Waals surface area contributed by atoms with E-state index < -0.39 is 10.0 Å². The third kappa shape index (κ3) is 5.73. The lowest BCUT2D eigenvalue weighted by Crippen LogP contribution is -2.42. The Hall–Kier alpha value is -3.20. The molecule has 9 heteroatoms. The first-order chi connectivity index (χ1) is 15.0. The highest BCUT2D eigenvalue weighted by Crippen LogP contribution is 2.27. The summed E-state index contributed by atoms with van der Waals surface area (Å²) in [6.07, 6.45) is 1.77. The first-order valence-corrected chi connectivity index (χ1v) is 11.7. The minimum atomic E-state index is -3.80. The fourth-order valence-electron chi connectivity index (χ4n) is 3.18. The number of benzene rings is 2. The summed E-state index contributed by atoms with van der Waals surface area (Å²) in [7, 11) is 0.125. The smallest absolute Gasteiger partial charge is 0.285 e. The van der Waals surface area contributed by atoms with Gasteiger partial charge in [0.15, 0.2) is 5.84 Å². The monoisotopic (exact) mass is 455 g/mol. The molecule has 2 aromatic rings. The molecule has 0 fully saturated rings. The minimum Gasteiger partial charge on any atom is -0.378 e. The van der Waals surface area contributed by atoms with Gasteiger partial charge in [0, 0.05) is 37.3 Å². The van der Waals surface area contributed by atoms with Crippen molar-refractivity contribution in [2.45, 2.75) is 37.6 Å². The maximum absolute atomic E-state index is 12.5. The molecule has 1 N–H and O–H groups in total. The second kappa shape index (κ2) is 9.12. The third-order valence-corrected chi connectivity index (χ3v) is 6.00. The predicted octanol–water partition coefficient (Wildman–Crippen LogP) is 2.84. The second-order valence-corrected chi connectivity index (χ2v) is 10.4. The molecule has 1 heterocycles. The summed E-state index contributed by atoms with van der Waals surface area (Å²) in [5, 5.41) is 8.89. The number of fused-ring (bicyclic) bond motifs is 1. The largest absolute Gasteiger partial charge is 0.378 e. The van der Waals surface area contributed by atoms with Crippen LogP contribution in [0.2, 0.25) is 0 Å². The molecule has 1 aliphatic heterocycles. The normalized spacial score (nSPS) is 14.7. The van der Waals surface area contributed by atoms with Crippen molar-refractivity contribution in [3.05, 3.63) is 59.7 Å². The van der Waals surface area contributed by atoms with Crippen LogP contribution in [0.5, 0.6) is 0 Å². The van der Waals surface area contributed by atoms with Crippen molar-refractivity contribution in [3.63, 3.8) is 0 Å². The lowest BCUT2D eigenvalue weighted by atomic mass is 10.1. The molecule has 0 radical (unpaired) electrons. The van der Waals surface area contributed by atoms with Crippen molar-refractivity contribution < 1.29 is 13.2 Å². The van der Waals surface area contributed by atoms with Crippen LogP contribution < -0.4 is 10.2 Å². The summed E-state index contributed by atoms with van der Waals surface area (Å²) in [4.78, 5) is 14.5. The van der Waals surface area contributed by atoms with Crippen molar-refractivity contribution >= 4 is 33.7 Å². The highest BCUT2D eigenvalue weighted by atomic mass is 32.2. The number of hydrogen-bond acceptors (Lipinski definition) is 6. The van der Waals surface area contributed by atoms with Gasteiger partial charge < -0.3 is 10.2 Å². The van der Waals surface area contributed by atoms with E-state index in [1.807, 2.05) is 64.0 Å². The molecule has 0 bridgehead atoms. The van der Waals surface area contributed by atoms with Crippen LogP contribution in [0.15, 0.2) is 62.9 Å². The summed E-state index contributed by atoms with van der Waals surface area (Å²) in [5.41, 5.74) is 2.01. The van der Waals surface area contributed by atoms with Gasteiger partial charge in [-0.3, -0.25) is 4.79 Å². The van der Waals surface area contributed by atoms with Crippen molar-refractivity contribution in [2.75, 3.05) is 25.5 Å². The minimum absolute atomic E-state index is 0.134. The molecule has 32 heavy (non-hydrogen) atoms. The zero-order chi connectivity index (χ0) is 23.5. The molecule has 2 aromatic carbocycles. The first-order valence-electron chi connectivity index (χ1n) is 10.3. The van der Waals surface area contributed by atoms with Crippen molar-refractivity contribution in [1.29, 1.82) is 0 Å². The third-order valence-electron chi connectivity index (χ3n) is 4.68. The molecular formula is C23H29N5O3S. The summed E-state index contributed by atoms with van der Waals surface area (Å²) < 4.78 is 29.0. The van der Waals surface area contributed by atoms with Crippen LogP contribution in [0.25, 0.3) is 0 Å². The number of carbonyl (C=O) groups excluding carboxylic acids is 1. The quantitative estimate of drug-likeness (QED) is 0.534. The van der Waals surface area contributed by atoms with Crippen LogP contribution in [-0.4, -0.2) is 57.6 Å². The van der Waals surface area contributed by atoms with E-state index in [1.54, 1.807) is 24.4 Å². The molecular weight excluding hydrogens is 426 g/mol. The average Bonchev–Trinajstić information content (AvgIpc) is 2.98. The predicted molar refractivity (Wildman–Crippen MR) is 128 cm³/mol. The highest BCUT2D eigenvalue weighted by molar-refractivity contribution is 7.90. The Balaban J connectivity index is 1.89. The molecule has 0 aliphatic carbocycles. The van der Waals surface area contributed by atoms with E-state index in [0.29, 0.717) is 5.56 Å². The number of carbonyl (C=O) groups is 1. The molecule has 0 unspecified atom stereocenters. The lowest BCUT2D eigenvalue weighted by molar-refractivity contribution is -0.122. The standard InChI is InChI=1S/C23H29N5O3S/c1-23(2,3)25-21(29)14-15-28(24-16-17-10-12-18(13-11-17)27(4)5)22-19-8-6-7-9-20(19)32(30,31)26-22/h6-13,16H,14-15H2,1-5H3,(H,25,29). The van der Waals surface area contributed by atoms with Crippen LogP contribution >= 0.6 is 0 Å². The molecule has 0 aromatic heterocycles. The molecule has 8 nitrogen and oxygen atoms in total. The Morgan fingerprint density at radius 2 is 1.75 bits per heavy atom. The van der Waals surface area contributed by atoms with Gasteiger partial charge in [-0.15, -0.1) is 4.40 Å². The van der Waals surface area contributed by atoms with E-state index in [2.05, 4.69) is 14.8 Å². The van der Waals surface area contributed by atoms with E-state index >= 15 is 0 Å². The fourth-order valence-corrected chi connectivity index (χ4v) is 4.38. The molecule has 0 saturated carbocycles. The van der Waals surface area contributed by atoms with Gasteiger partial charge in [0.25, 0.3) is 10.0 Å². The van der Waals surface area contributed by atoms with Gasteiger partial charge in [-0.05, 0) is 50.6 Å². The van der Waals surface area contributed by atoms with Gasteiger partial charge in [-0.25, -0.2) is 5.01 Å². The Kier molecular flexibility index (Phi) is 6.68. The Bertz CT molecular complexity index is 1150. The molecule has 1 amide bonds. The Morgan fingerprint density at radius 3 is 2.38 bits per heavy atom. The van der Waals surface area contributed by atoms with Gasteiger partial charge >= 0.3 is 0 Å². The Morgan fingerprint density at radius 1 is 1.09 bits per heavy atom. The van der Waals surface area contributed by atoms with Gasteiger partial charge in [-0.2, -0.15) is 13.5 Å². The van der Waals surface area contributed by atoms with Crippen LogP contribution in [0.1, 0.15) is 38.3 Å². The number of amidine groups is 1. The molecule has 0 atom stereocenters. The number of hydrazone groups is 1. The molecule has 0 spiro atoms. The zero-order valence-electron chi connectivity index (χ0n) is 19.0. The van der Waals surface area contributed by atoms with Gasteiger partial charge in [-0.1, -0.05) is 24.3 Å². The maximum Gasteiger partial charge on any atom is 0.285 e. The second-order valence-electron chi connectivity index (χ2n) is 8.79. The number of nitrogens with zero attached hydrogens (tertiary/aromatic N) is 4. The van der Waals surface area contributed by atoms with E-state index in [-0.39, 0.29) is 35.1 Å². The molecule has 170 valence electrons. The lowest BCUT2D eigenvalue weighted by Gasteiger charge is -2.22. The SMILES string of the molecule is CN(C)c1ccc(C=NN(CCC(=O)NC(C)(C)C)C2=NS(=O)(=O)c3ccccc32)cc1. The number of amides is 1. The van der Waals surface area contributed by atoms with Crippen molar-refractivity contribution in [1.82, 2.24) is 10.3 Å². The maximum atomic E-state index is 12.5. The number of nitrogens with one attached hydrogen (secondary N) is 1. The molecule has 0 saturated heterocycles. The number of anilines is 1. The number of rotatable bonds is 6. The van der Waals surface area contributed by atoms with Gasteiger partial charge in [0.1, 0.15) is 4.90 Å². The molecule has 3 rings (SSSR count). The van der Waals surface area contributed by atoms with E-state index in [0.717, 1.165) is 11.3 Å². The number of sulfonamides is 1. The van der Waals surface area contributed by atoms with Gasteiger partial charge in [0.05, 0.1) is 12.8 Å². The van der Waals surface area contributed by atoms with Crippen LogP contribution in [0, 0.1) is 0 Å². The Labute approximate surface area is 189 Å². The zero-order valence-corrected chi connectivity index (χ0v) is 19.8. The summed E-state index contributed by atoms with van der Waals surface area (Å²) in [6.45, 7) is 5.89. The summed E-state index contributed by atoms with van der Waals surface area (Å²) >= 11 is 0. The summed E-state index contributed by atoms with van der Waals surface area (Å²) in [6, 6.07) is 14.4.